The van der Waals surface area contributed by atoms with Gasteiger partial charge < -0.3 is 9.72 Å². The molecule has 3 heterocycles. The Kier molecular flexibility index (Phi) is 7.74. The number of sulfonamides is 1. The minimum Gasteiger partial charge on any atom is -0.348 e. The number of hydrogen-bond acceptors (Lipinski definition) is 5. The van der Waals surface area contributed by atoms with Gasteiger partial charge in [0.2, 0.25) is 10.0 Å². The van der Waals surface area contributed by atoms with Gasteiger partial charge in [0.05, 0.1) is 24.2 Å². The maximum atomic E-state index is 12.7. The lowest BCUT2D eigenvalue weighted by molar-refractivity contribution is -0.141. The summed E-state index contributed by atoms with van der Waals surface area (Å²) in [5.41, 5.74) is 4.42. The first-order chi connectivity index (χ1) is 19.9. The summed E-state index contributed by atoms with van der Waals surface area (Å²) in [5, 5.41) is 2.62. The van der Waals surface area contributed by atoms with Crippen molar-refractivity contribution in [3.8, 4) is 11.3 Å². The second-order valence-electron chi connectivity index (χ2n) is 9.79. The number of halogens is 3. The highest BCUT2D eigenvalue weighted by Crippen LogP contribution is 2.27. The Morgan fingerprint density at radius 1 is 0.976 bits per heavy atom. The summed E-state index contributed by atoms with van der Waals surface area (Å²) < 4.78 is 66.6. The zero-order valence-corrected chi connectivity index (χ0v) is 23.4. The average molecular weight is 594 g/mol. The fourth-order valence-corrected chi connectivity index (χ4v) is 5.29. The van der Waals surface area contributed by atoms with Gasteiger partial charge in [0.1, 0.15) is 11.3 Å². The van der Waals surface area contributed by atoms with Crippen molar-refractivity contribution in [1.82, 2.24) is 19.7 Å². The maximum absolute atomic E-state index is 12.7. The van der Waals surface area contributed by atoms with E-state index in [2.05, 4.69) is 10.3 Å². The van der Waals surface area contributed by atoms with Crippen LogP contribution in [0, 0.1) is 6.92 Å². The second kappa shape index (κ2) is 11.3. The molecule has 2 aromatic carbocycles. The molecule has 0 spiro atoms. The Labute approximate surface area is 240 Å². The number of alkyl halides is 3. The number of amides is 1. The molecule has 0 fully saturated rings. The first kappa shape index (κ1) is 28.8. The minimum absolute atomic E-state index is 0.0221. The number of nitrogens with one attached hydrogen (secondary N) is 1. The number of fused-ring (bicyclic) bond motifs is 1. The number of nitrogens with zero attached hydrogens (tertiary/aromatic N) is 4. The second-order valence-corrected chi connectivity index (χ2v) is 11.7. The SMILES string of the molecule is Cc1cccn2cc(-c3ccc(CN(c4ccc(C(=O)NCc5ccc(C(F)(F)F)nc5)cc4)S(C)(=O)=O)cc3)nc12. The van der Waals surface area contributed by atoms with Crippen LogP contribution in [0.2, 0.25) is 0 Å². The number of aryl methyl sites for hydroxylation is 1. The third kappa shape index (κ3) is 6.44. The van der Waals surface area contributed by atoms with Crippen LogP contribution in [0.15, 0.2) is 91.4 Å². The monoisotopic (exact) mass is 593 g/mol. The third-order valence-corrected chi connectivity index (χ3v) is 7.78. The molecule has 3 aromatic heterocycles. The Morgan fingerprint density at radius 3 is 2.26 bits per heavy atom. The summed E-state index contributed by atoms with van der Waals surface area (Å²) in [5.74, 6) is -0.468. The molecular formula is C30H26F3N5O3S. The number of pyridine rings is 2. The van der Waals surface area contributed by atoms with E-state index in [4.69, 9.17) is 4.98 Å². The van der Waals surface area contributed by atoms with Gasteiger partial charge in [0, 0.05) is 36.3 Å². The molecule has 5 rings (SSSR count). The van der Waals surface area contributed by atoms with Crippen molar-refractivity contribution < 1.29 is 26.4 Å². The van der Waals surface area contributed by atoms with Crippen LogP contribution in [0.4, 0.5) is 18.9 Å². The highest BCUT2D eigenvalue weighted by molar-refractivity contribution is 7.92. The highest BCUT2D eigenvalue weighted by Gasteiger charge is 2.32. The molecule has 0 saturated heterocycles. The van der Waals surface area contributed by atoms with Crippen molar-refractivity contribution >= 4 is 27.3 Å². The lowest BCUT2D eigenvalue weighted by atomic mass is 10.1. The molecule has 0 bridgehead atoms. The Balaban J connectivity index is 1.26. The number of anilines is 1. The van der Waals surface area contributed by atoms with Crippen LogP contribution in [-0.4, -0.2) is 34.9 Å². The summed E-state index contributed by atoms with van der Waals surface area (Å²) >= 11 is 0. The molecule has 0 aliphatic heterocycles. The third-order valence-electron chi connectivity index (χ3n) is 6.64. The quantitative estimate of drug-likeness (QED) is 0.252. The van der Waals surface area contributed by atoms with E-state index in [9.17, 15) is 26.4 Å². The van der Waals surface area contributed by atoms with Gasteiger partial charge in [-0.15, -0.1) is 0 Å². The van der Waals surface area contributed by atoms with Crippen LogP contribution in [-0.2, 0) is 29.3 Å². The first-order valence-electron chi connectivity index (χ1n) is 12.8. The minimum atomic E-state index is -4.54. The highest BCUT2D eigenvalue weighted by atomic mass is 32.2. The molecule has 1 N–H and O–H groups in total. The molecule has 1 amide bonds. The lowest BCUT2D eigenvalue weighted by Gasteiger charge is -2.23. The summed E-state index contributed by atoms with van der Waals surface area (Å²) in [6.45, 7) is 2.05. The Hall–Kier alpha value is -4.71. The molecule has 0 unspecified atom stereocenters. The van der Waals surface area contributed by atoms with Crippen molar-refractivity contribution in [2.24, 2.45) is 0 Å². The number of hydrogen-bond donors (Lipinski definition) is 1. The van der Waals surface area contributed by atoms with Crippen molar-refractivity contribution in [2.45, 2.75) is 26.2 Å². The van der Waals surface area contributed by atoms with Crippen molar-refractivity contribution in [3.63, 3.8) is 0 Å². The van der Waals surface area contributed by atoms with Gasteiger partial charge in [-0.1, -0.05) is 36.4 Å². The maximum Gasteiger partial charge on any atom is 0.433 e. The Morgan fingerprint density at radius 2 is 1.67 bits per heavy atom. The van der Waals surface area contributed by atoms with Gasteiger partial charge in [-0.2, -0.15) is 13.2 Å². The van der Waals surface area contributed by atoms with E-state index in [1.165, 1.54) is 34.6 Å². The molecule has 5 aromatic rings. The molecule has 42 heavy (non-hydrogen) atoms. The van der Waals surface area contributed by atoms with E-state index in [1.54, 1.807) is 0 Å². The molecule has 0 aliphatic rings. The van der Waals surface area contributed by atoms with Crippen LogP contribution in [0.25, 0.3) is 16.9 Å². The zero-order valence-electron chi connectivity index (χ0n) is 22.6. The van der Waals surface area contributed by atoms with Gasteiger partial charge >= 0.3 is 6.18 Å². The van der Waals surface area contributed by atoms with Crippen molar-refractivity contribution in [2.75, 3.05) is 10.6 Å². The number of rotatable bonds is 8. The average Bonchev–Trinajstić information content (AvgIpc) is 3.40. The number of aromatic nitrogens is 3. The smallest absolute Gasteiger partial charge is 0.348 e. The number of carbonyl (C=O) groups excluding carboxylic acids is 1. The van der Waals surface area contributed by atoms with Crippen LogP contribution in [0.3, 0.4) is 0 Å². The van der Waals surface area contributed by atoms with Gasteiger partial charge in [-0.05, 0) is 60.0 Å². The fourth-order valence-electron chi connectivity index (χ4n) is 4.40. The predicted molar refractivity (Wildman–Crippen MR) is 153 cm³/mol. The number of benzene rings is 2. The zero-order chi connectivity index (χ0) is 30.1. The largest absolute Gasteiger partial charge is 0.433 e. The van der Waals surface area contributed by atoms with Crippen molar-refractivity contribution in [1.29, 1.82) is 0 Å². The van der Waals surface area contributed by atoms with Gasteiger partial charge in [0.15, 0.2) is 0 Å². The summed E-state index contributed by atoms with van der Waals surface area (Å²) in [6, 6.07) is 19.6. The van der Waals surface area contributed by atoms with E-state index in [1.807, 2.05) is 60.1 Å². The summed E-state index contributed by atoms with van der Waals surface area (Å²) in [7, 11) is -3.66. The van der Waals surface area contributed by atoms with E-state index >= 15 is 0 Å². The first-order valence-corrected chi connectivity index (χ1v) is 14.6. The number of carbonyl (C=O) groups is 1. The normalized spacial score (nSPS) is 11.9. The molecule has 0 atom stereocenters. The predicted octanol–water partition coefficient (Wildman–Crippen LogP) is 5.62. The van der Waals surface area contributed by atoms with E-state index in [0.717, 1.165) is 46.6 Å². The molecule has 216 valence electrons. The molecule has 12 heteroatoms. The molecule has 0 saturated carbocycles. The van der Waals surface area contributed by atoms with Crippen molar-refractivity contribution in [3.05, 3.63) is 119 Å². The molecular weight excluding hydrogens is 567 g/mol. The van der Waals surface area contributed by atoms with Crippen LogP contribution < -0.4 is 9.62 Å². The number of imidazole rings is 1. The van der Waals surface area contributed by atoms with Gasteiger partial charge in [-0.25, -0.2) is 13.4 Å². The van der Waals surface area contributed by atoms with Crippen LogP contribution in [0.1, 0.15) is 32.7 Å². The molecule has 0 radical (unpaired) electrons. The van der Waals surface area contributed by atoms with Gasteiger partial charge in [0.25, 0.3) is 5.91 Å². The standard InChI is InChI=1S/C30H26F3N5O3S/c1-20-4-3-15-37-19-26(36-28(20)37)23-8-5-21(6-9-23)18-38(42(2,40)41)25-12-10-24(11-13-25)29(39)35-17-22-7-14-27(34-16-22)30(31,32)33/h3-16,19H,17-18H2,1-2H3,(H,35,39). The fraction of sp³-hybridized carbons (Fsp3) is 0.167. The Bertz CT molecular complexity index is 1840. The van der Waals surface area contributed by atoms with E-state index < -0.39 is 27.8 Å². The lowest BCUT2D eigenvalue weighted by Crippen LogP contribution is -2.29. The molecule has 0 aliphatic carbocycles. The van der Waals surface area contributed by atoms with Crippen LogP contribution >= 0.6 is 0 Å². The van der Waals surface area contributed by atoms with Gasteiger partial charge in [-0.3, -0.25) is 14.1 Å². The van der Waals surface area contributed by atoms with E-state index in [-0.39, 0.29) is 18.7 Å². The topological polar surface area (TPSA) is 96.7 Å². The molecule has 8 nitrogen and oxygen atoms in total. The van der Waals surface area contributed by atoms with Crippen LogP contribution in [0.5, 0.6) is 0 Å². The summed E-state index contributed by atoms with van der Waals surface area (Å²) in [4.78, 5) is 20.7. The summed E-state index contributed by atoms with van der Waals surface area (Å²) in [6.07, 6.45) is 1.50. The van der Waals surface area contributed by atoms with E-state index in [0.29, 0.717) is 11.3 Å².